The molecule has 0 aromatic carbocycles. The summed E-state index contributed by atoms with van der Waals surface area (Å²) >= 11 is 0. The van der Waals surface area contributed by atoms with Gasteiger partial charge in [0, 0.05) is 18.1 Å². The van der Waals surface area contributed by atoms with Crippen molar-refractivity contribution in [1.29, 1.82) is 0 Å². The monoisotopic (exact) mass is 601 g/mol. The van der Waals surface area contributed by atoms with Crippen molar-refractivity contribution in [2.75, 3.05) is 0 Å². The second-order valence-electron chi connectivity index (χ2n) is 10.9. The van der Waals surface area contributed by atoms with E-state index in [2.05, 4.69) is 36.7 Å². The van der Waals surface area contributed by atoms with Crippen LogP contribution in [-0.2, 0) is 23.1 Å². The first-order valence-electron chi connectivity index (χ1n) is 14.9. The van der Waals surface area contributed by atoms with E-state index in [4.69, 9.17) is 9.47 Å². The average Bonchev–Trinajstić information content (AvgIpc) is 3.32. The van der Waals surface area contributed by atoms with Crippen molar-refractivity contribution in [3.63, 3.8) is 0 Å². The summed E-state index contributed by atoms with van der Waals surface area (Å²) in [6.45, 7) is 5.31. The summed E-state index contributed by atoms with van der Waals surface area (Å²) < 4.78 is 14.3. The zero-order valence-electron chi connectivity index (χ0n) is 23.3. The van der Waals surface area contributed by atoms with Gasteiger partial charge < -0.3 is 33.5 Å². The van der Waals surface area contributed by atoms with Crippen molar-refractivity contribution in [3.05, 3.63) is 30.1 Å². The van der Waals surface area contributed by atoms with E-state index in [1.165, 1.54) is 115 Å². The summed E-state index contributed by atoms with van der Waals surface area (Å²) in [4.78, 5) is 0. The van der Waals surface area contributed by atoms with Crippen LogP contribution in [-0.4, -0.2) is 12.4 Å². The number of hydrogen-bond donors (Lipinski definition) is 0. The zero-order valence-corrected chi connectivity index (χ0v) is 25.5. The van der Waals surface area contributed by atoms with Gasteiger partial charge in [0.1, 0.15) is 7.05 Å². The molecule has 0 aliphatic carbocycles. The lowest BCUT2D eigenvalue weighted by Gasteiger charge is -2.20. The van der Waals surface area contributed by atoms with E-state index in [9.17, 15) is 0 Å². The molecule has 1 aromatic rings. The summed E-state index contributed by atoms with van der Waals surface area (Å²) in [7, 11) is 2.05. The second kappa shape index (κ2) is 21.8. The molecule has 3 nitrogen and oxygen atoms in total. The van der Waals surface area contributed by atoms with E-state index in [1.54, 1.807) is 0 Å². The lowest BCUT2D eigenvalue weighted by molar-refractivity contribution is -0.672. The van der Waals surface area contributed by atoms with Crippen molar-refractivity contribution in [2.24, 2.45) is 13.0 Å². The molecule has 1 saturated heterocycles. The molecular formula is C31H56INO2. The first kappa shape index (κ1) is 32.8. The number of unbranched alkanes of at least 4 members (excludes halogenated alkanes) is 15. The van der Waals surface area contributed by atoms with Crippen LogP contribution in [0.2, 0.25) is 0 Å². The number of aryl methyl sites for hydroxylation is 1. The molecule has 0 saturated carbocycles. The van der Waals surface area contributed by atoms with Crippen LogP contribution in [0.3, 0.4) is 0 Å². The van der Waals surface area contributed by atoms with Gasteiger partial charge in [-0.2, -0.15) is 0 Å². The summed E-state index contributed by atoms with van der Waals surface area (Å²) in [5, 5.41) is 0. The fraction of sp³-hybridized carbons (Fsp3) is 0.839. The first-order chi connectivity index (χ1) is 16.7. The van der Waals surface area contributed by atoms with E-state index in [0.717, 1.165) is 12.8 Å². The molecule has 35 heavy (non-hydrogen) atoms. The van der Waals surface area contributed by atoms with Gasteiger partial charge in [-0.3, -0.25) is 0 Å². The minimum Gasteiger partial charge on any atom is -1.00 e. The Kier molecular flexibility index (Phi) is 20.5. The van der Waals surface area contributed by atoms with Gasteiger partial charge in [-0.1, -0.05) is 117 Å². The molecule has 0 N–H and O–H groups in total. The van der Waals surface area contributed by atoms with Gasteiger partial charge in [0.15, 0.2) is 18.7 Å². The molecule has 0 bridgehead atoms. The summed E-state index contributed by atoms with van der Waals surface area (Å²) in [5.41, 5.74) is 1.21. The van der Waals surface area contributed by atoms with E-state index >= 15 is 0 Å². The highest BCUT2D eigenvalue weighted by Gasteiger charge is 2.29. The van der Waals surface area contributed by atoms with Crippen molar-refractivity contribution >= 4 is 0 Å². The lowest BCUT2D eigenvalue weighted by Crippen LogP contribution is -3.00. The summed E-state index contributed by atoms with van der Waals surface area (Å²) in [6, 6.07) is 4.18. The molecule has 0 spiro atoms. The third-order valence-corrected chi connectivity index (χ3v) is 7.60. The van der Waals surface area contributed by atoms with Crippen LogP contribution in [0, 0.1) is 5.92 Å². The highest BCUT2D eigenvalue weighted by atomic mass is 127. The largest absolute Gasteiger partial charge is 1.00 e. The Morgan fingerprint density at radius 1 is 0.857 bits per heavy atom. The van der Waals surface area contributed by atoms with Gasteiger partial charge in [-0.25, -0.2) is 4.57 Å². The topological polar surface area (TPSA) is 22.3 Å². The van der Waals surface area contributed by atoms with Gasteiger partial charge in [0.2, 0.25) is 0 Å². The minimum atomic E-state index is -0.0243. The van der Waals surface area contributed by atoms with Gasteiger partial charge in [0.25, 0.3) is 0 Å². The Morgan fingerprint density at radius 2 is 1.40 bits per heavy atom. The summed E-state index contributed by atoms with van der Waals surface area (Å²) in [6.07, 6.45) is 31.0. The molecule has 1 aromatic heterocycles. The molecule has 3 unspecified atom stereocenters. The Morgan fingerprint density at radius 3 is 1.94 bits per heavy atom. The predicted octanol–water partition coefficient (Wildman–Crippen LogP) is 5.82. The molecule has 2 heterocycles. The van der Waals surface area contributed by atoms with Crippen LogP contribution < -0.4 is 28.5 Å². The lowest BCUT2D eigenvalue weighted by atomic mass is 9.95. The van der Waals surface area contributed by atoms with Crippen LogP contribution in [0.4, 0.5) is 0 Å². The Balaban J connectivity index is 0.00000612. The maximum Gasteiger partial charge on any atom is 0.174 e. The number of hydrogen-bond acceptors (Lipinski definition) is 2. The molecule has 1 aliphatic heterocycles. The van der Waals surface area contributed by atoms with Gasteiger partial charge in [-0.05, 0) is 24.8 Å². The Hall–Kier alpha value is -0.200. The van der Waals surface area contributed by atoms with Crippen molar-refractivity contribution in [3.8, 4) is 0 Å². The molecule has 1 aliphatic rings. The first-order valence-corrected chi connectivity index (χ1v) is 14.9. The van der Waals surface area contributed by atoms with Crippen molar-refractivity contribution in [2.45, 2.75) is 155 Å². The maximum absolute atomic E-state index is 6.23. The van der Waals surface area contributed by atoms with Crippen LogP contribution in [0.1, 0.15) is 141 Å². The molecule has 4 heteroatoms. The molecule has 0 amide bonds. The fourth-order valence-corrected chi connectivity index (χ4v) is 5.30. The Labute approximate surface area is 235 Å². The number of halogens is 1. The molecule has 2 rings (SSSR count). The highest BCUT2D eigenvalue weighted by molar-refractivity contribution is 5.03. The number of nitrogens with zero attached hydrogens (tertiary/aromatic N) is 1. The molecule has 1 fully saturated rings. The smallest absolute Gasteiger partial charge is 0.174 e. The standard InChI is InChI=1S/C31H56NO2.HI/c1-4-5-6-7-8-9-10-11-12-13-14-15-16-17-18-19-21-28(2)30-23-24-31(34-30)33-27-29-22-20-25-32(3)26-29;/h20,22,25-26,28,30-31H,4-19,21,23-24,27H2,1-3H3;1H/q+1;/p-1. The number of pyridine rings is 1. The fourth-order valence-electron chi connectivity index (χ4n) is 5.30. The predicted molar refractivity (Wildman–Crippen MR) is 144 cm³/mol. The quantitative estimate of drug-likeness (QED) is 0.101. The number of ether oxygens (including phenoxy) is 2. The normalized spacial score (nSPS) is 18.5. The van der Waals surface area contributed by atoms with Gasteiger partial charge in [0.05, 0.1) is 12.7 Å². The van der Waals surface area contributed by atoms with E-state index < -0.39 is 0 Å². The van der Waals surface area contributed by atoms with E-state index in [0.29, 0.717) is 18.6 Å². The summed E-state index contributed by atoms with van der Waals surface area (Å²) in [5.74, 6) is 0.648. The second-order valence-corrected chi connectivity index (χ2v) is 10.9. The van der Waals surface area contributed by atoms with Crippen molar-refractivity contribution < 1.29 is 38.0 Å². The zero-order chi connectivity index (χ0) is 24.3. The van der Waals surface area contributed by atoms with Crippen molar-refractivity contribution in [1.82, 2.24) is 0 Å². The van der Waals surface area contributed by atoms with Crippen LogP contribution >= 0.6 is 0 Å². The Bertz CT molecular complexity index is 611. The maximum atomic E-state index is 6.23. The third kappa shape index (κ3) is 16.3. The molecule has 0 radical (unpaired) electrons. The molecule has 3 atom stereocenters. The average molecular weight is 602 g/mol. The van der Waals surface area contributed by atoms with E-state index in [1.807, 2.05) is 13.2 Å². The van der Waals surface area contributed by atoms with E-state index in [-0.39, 0.29) is 30.3 Å². The number of aromatic nitrogens is 1. The molecule has 204 valence electrons. The SMILES string of the molecule is CCCCCCCCCCCCCCCCCCC(C)C1CCC(OCc2ccc[n+](C)c2)O1.[I-]. The van der Waals surface area contributed by atoms with Crippen LogP contribution in [0.5, 0.6) is 0 Å². The number of rotatable bonds is 21. The minimum absolute atomic E-state index is 0. The van der Waals surface area contributed by atoms with Crippen LogP contribution in [0.15, 0.2) is 24.5 Å². The molecular weight excluding hydrogens is 545 g/mol. The van der Waals surface area contributed by atoms with Gasteiger partial charge in [-0.15, -0.1) is 0 Å². The van der Waals surface area contributed by atoms with Gasteiger partial charge >= 0.3 is 0 Å². The van der Waals surface area contributed by atoms with Crippen LogP contribution in [0.25, 0.3) is 0 Å². The highest BCUT2D eigenvalue weighted by Crippen LogP contribution is 2.29. The third-order valence-electron chi connectivity index (χ3n) is 7.60.